The molecule has 1 unspecified atom stereocenters. The molecule has 0 spiro atoms. The monoisotopic (exact) mass is 317 g/mol. The molecule has 1 aliphatic rings. The molecule has 1 saturated heterocycles. The zero-order valence-corrected chi connectivity index (χ0v) is 12.1. The van der Waals surface area contributed by atoms with Crippen molar-refractivity contribution in [1.29, 1.82) is 0 Å². The average Bonchev–Trinajstić information content (AvgIpc) is 2.87. The fraction of sp³-hybridized carbons (Fsp3) is 0.692. The van der Waals surface area contributed by atoms with Crippen LogP contribution in [0.5, 0.6) is 0 Å². The van der Waals surface area contributed by atoms with Crippen molar-refractivity contribution < 1.29 is 24.4 Å². The number of nitrogens with zero attached hydrogens (tertiary/aromatic N) is 2. The first-order chi connectivity index (χ1) is 10.4. The standard InChI is InChI=1S/C13H19FN2O6/c1-7-4-15(11-2-9(19)10(6-17)22-11)13(21)16(12(7)20)5-8(18)3-14/h4,8-11,17-19H,2-3,5-6H2,1H3/t8?,9-,10+,11+/m0/s1/i14-1. The molecule has 0 amide bonds. The van der Waals surface area contributed by atoms with E-state index in [0.717, 1.165) is 9.13 Å². The Kier molecular flexibility index (Phi) is 5.12. The Balaban J connectivity index is 2.42. The van der Waals surface area contributed by atoms with Crippen LogP contribution in [0.2, 0.25) is 0 Å². The number of aliphatic hydroxyl groups excluding tert-OH is 3. The van der Waals surface area contributed by atoms with Gasteiger partial charge in [0, 0.05) is 18.2 Å². The van der Waals surface area contributed by atoms with Crippen molar-refractivity contribution in [3.63, 3.8) is 0 Å². The molecule has 1 aromatic heterocycles. The Bertz CT molecular complexity index is 642. The molecule has 1 fully saturated rings. The first-order valence-corrected chi connectivity index (χ1v) is 6.90. The van der Waals surface area contributed by atoms with Crippen LogP contribution in [0.25, 0.3) is 0 Å². The van der Waals surface area contributed by atoms with Gasteiger partial charge in [0.05, 0.1) is 19.3 Å². The van der Waals surface area contributed by atoms with E-state index < -0.39 is 55.6 Å². The summed E-state index contributed by atoms with van der Waals surface area (Å²) in [5.41, 5.74) is -1.17. The fourth-order valence-electron chi connectivity index (χ4n) is 2.44. The molecule has 2 rings (SSSR count). The highest BCUT2D eigenvalue weighted by atomic mass is 18.2. The van der Waals surface area contributed by atoms with E-state index in [1.54, 1.807) is 0 Å². The number of alkyl halides is 1. The maximum absolute atomic E-state index is 12.4. The molecular weight excluding hydrogens is 298 g/mol. The summed E-state index contributed by atoms with van der Waals surface area (Å²) in [7, 11) is 0. The van der Waals surface area contributed by atoms with E-state index in [-0.39, 0.29) is 12.0 Å². The maximum atomic E-state index is 12.4. The lowest BCUT2D eigenvalue weighted by Gasteiger charge is -2.18. The van der Waals surface area contributed by atoms with Gasteiger partial charge in [0.15, 0.2) is 0 Å². The second kappa shape index (κ2) is 6.69. The van der Waals surface area contributed by atoms with E-state index in [4.69, 9.17) is 9.84 Å². The molecule has 124 valence electrons. The Morgan fingerprint density at radius 2 is 2.18 bits per heavy atom. The van der Waals surface area contributed by atoms with Crippen molar-refractivity contribution in [2.45, 2.75) is 44.4 Å². The molecule has 22 heavy (non-hydrogen) atoms. The van der Waals surface area contributed by atoms with E-state index in [1.807, 2.05) is 0 Å². The minimum absolute atomic E-state index is 0.0778. The van der Waals surface area contributed by atoms with E-state index >= 15 is 0 Å². The van der Waals surface area contributed by atoms with Gasteiger partial charge in [-0.05, 0) is 6.92 Å². The normalized spacial score (nSPS) is 26.3. The Labute approximate surface area is 125 Å². The molecular formula is C13H19FN2O6. The Morgan fingerprint density at radius 3 is 2.73 bits per heavy atom. The third-order valence-electron chi connectivity index (χ3n) is 3.63. The van der Waals surface area contributed by atoms with Crippen LogP contribution in [0.1, 0.15) is 18.2 Å². The predicted octanol–water partition coefficient (Wildman–Crippen LogP) is -1.71. The van der Waals surface area contributed by atoms with Gasteiger partial charge in [-0.15, -0.1) is 0 Å². The number of rotatable bonds is 5. The molecule has 1 aromatic rings. The molecule has 2 heterocycles. The van der Waals surface area contributed by atoms with Gasteiger partial charge in [-0.2, -0.15) is 0 Å². The Hall–Kier alpha value is -1.55. The molecule has 0 saturated carbocycles. The molecule has 0 aliphatic carbocycles. The lowest BCUT2D eigenvalue weighted by atomic mass is 10.2. The Morgan fingerprint density at radius 1 is 1.50 bits per heavy atom. The summed E-state index contributed by atoms with van der Waals surface area (Å²) in [5, 5.41) is 28.1. The lowest BCUT2D eigenvalue weighted by Crippen LogP contribution is -2.44. The van der Waals surface area contributed by atoms with Crippen molar-refractivity contribution in [3.8, 4) is 0 Å². The minimum atomic E-state index is -1.46. The fourth-order valence-corrected chi connectivity index (χ4v) is 2.44. The highest BCUT2D eigenvalue weighted by molar-refractivity contribution is 5.04. The molecule has 9 heteroatoms. The van der Waals surface area contributed by atoms with Gasteiger partial charge in [0.1, 0.15) is 25.1 Å². The van der Waals surface area contributed by atoms with Crippen molar-refractivity contribution in [2.24, 2.45) is 0 Å². The van der Waals surface area contributed by atoms with Gasteiger partial charge in [0.25, 0.3) is 5.56 Å². The number of hydrogen-bond acceptors (Lipinski definition) is 6. The number of aryl methyl sites for hydroxylation is 1. The first-order valence-electron chi connectivity index (χ1n) is 6.90. The van der Waals surface area contributed by atoms with Crippen molar-refractivity contribution in [2.75, 3.05) is 13.3 Å². The quantitative estimate of drug-likeness (QED) is 0.596. The molecule has 8 nitrogen and oxygen atoms in total. The zero-order valence-electron chi connectivity index (χ0n) is 12.1. The number of halogens is 1. The molecule has 4 atom stereocenters. The molecule has 0 bridgehead atoms. The predicted molar refractivity (Wildman–Crippen MR) is 73.3 cm³/mol. The summed E-state index contributed by atoms with van der Waals surface area (Å²) >= 11 is 0. The van der Waals surface area contributed by atoms with Crippen LogP contribution in [0, 0.1) is 6.92 Å². The van der Waals surface area contributed by atoms with E-state index in [9.17, 15) is 24.2 Å². The van der Waals surface area contributed by atoms with Gasteiger partial charge in [-0.3, -0.25) is 13.9 Å². The van der Waals surface area contributed by atoms with Gasteiger partial charge in [0.2, 0.25) is 0 Å². The zero-order chi connectivity index (χ0) is 16.4. The maximum Gasteiger partial charge on any atom is 0.333 e. The second-order valence-electron chi connectivity index (χ2n) is 5.34. The molecule has 3 N–H and O–H groups in total. The van der Waals surface area contributed by atoms with Gasteiger partial charge < -0.3 is 20.1 Å². The summed E-state index contributed by atoms with van der Waals surface area (Å²) in [5.74, 6) is 0. The summed E-state index contributed by atoms with van der Waals surface area (Å²) in [6.07, 6.45) is -2.67. The summed E-state index contributed by atoms with van der Waals surface area (Å²) in [4.78, 5) is 24.3. The van der Waals surface area contributed by atoms with Crippen LogP contribution >= 0.6 is 0 Å². The third-order valence-corrected chi connectivity index (χ3v) is 3.63. The van der Waals surface area contributed by atoms with Crippen molar-refractivity contribution in [3.05, 3.63) is 32.6 Å². The van der Waals surface area contributed by atoms with Gasteiger partial charge in [-0.1, -0.05) is 0 Å². The number of aromatic nitrogens is 2. The van der Waals surface area contributed by atoms with Crippen LogP contribution in [-0.4, -0.2) is 56.0 Å². The lowest BCUT2D eigenvalue weighted by molar-refractivity contribution is -0.0465. The largest absolute Gasteiger partial charge is 0.394 e. The second-order valence-corrected chi connectivity index (χ2v) is 5.34. The first kappa shape index (κ1) is 16.8. The van der Waals surface area contributed by atoms with Gasteiger partial charge in [-0.25, -0.2) is 9.18 Å². The average molecular weight is 317 g/mol. The van der Waals surface area contributed by atoms with E-state index in [1.165, 1.54) is 13.1 Å². The summed E-state index contributed by atoms with van der Waals surface area (Å²) in [6, 6.07) is 0. The van der Waals surface area contributed by atoms with Crippen molar-refractivity contribution in [1.82, 2.24) is 9.13 Å². The number of ether oxygens (including phenoxy) is 1. The number of hydrogen-bond donors (Lipinski definition) is 3. The minimum Gasteiger partial charge on any atom is -0.394 e. The topological polar surface area (TPSA) is 114 Å². The highest BCUT2D eigenvalue weighted by Crippen LogP contribution is 2.27. The summed E-state index contributed by atoms with van der Waals surface area (Å²) < 4.78 is 19.7. The van der Waals surface area contributed by atoms with Crippen LogP contribution in [0.3, 0.4) is 0 Å². The molecule has 1 aliphatic heterocycles. The highest BCUT2D eigenvalue weighted by Gasteiger charge is 2.35. The van der Waals surface area contributed by atoms with Gasteiger partial charge >= 0.3 is 5.69 Å². The van der Waals surface area contributed by atoms with Crippen LogP contribution in [0.15, 0.2) is 15.8 Å². The molecule has 0 aromatic carbocycles. The SMILES string of the molecule is Cc1cn([C@H]2C[C@H](O)[C@@H](CO)O2)c(=O)n(CC(O)C[18F])c1=O. The van der Waals surface area contributed by atoms with E-state index in [0.29, 0.717) is 0 Å². The van der Waals surface area contributed by atoms with Crippen LogP contribution in [0.4, 0.5) is 4.39 Å². The van der Waals surface area contributed by atoms with Crippen molar-refractivity contribution >= 4 is 0 Å². The van der Waals surface area contributed by atoms with Crippen LogP contribution < -0.4 is 11.2 Å². The van der Waals surface area contributed by atoms with E-state index in [2.05, 4.69) is 0 Å². The third kappa shape index (κ3) is 3.12. The number of aliphatic hydroxyl groups is 3. The smallest absolute Gasteiger partial charge is 0.333 e. The summed E-state index contributed by atoms with van der Waals surface area (Å²) in [6.45, 7) is -0.462. The van der Waals surface area contributed by atoms with Crippen LogP contribution in [-0.2, 0) is 11.3 Å². The molecule has 0 radical (unpaired) electrons.